The molecule has 0 amide bonds. The van der Waals surface area contributed by atoms with E-state index in [4.69, 9.17) is 23.7 Å². The summed E-state index contributed by atoms with van der Waals surface area (Å²) < 4.78 is 57.6. The number of tetrazole rings is 1. The van der Waals surface area contributed by atoms with Crippen LogP contribution >= 0.6 is 0 Å². The van der Waals surface area contributed by atoms with Crippen molar-refractivity contribution in [1.29, 1.82) is 0 Å². The molecule has 21 nitrogen and oxygen atoms in total. The van der Waals surface area contributed by atoms with Gasteiger partial charge in [-0.2, -0.15) is 18.6 Å². The maximum Gasteiger partial charge on any atom is 0.508 e. The summed E-state index contributed by atoms with van der Waals surface area (Å²) in [6.07, 6.45) is 4.21. The Morgan fingerprint density at radius 2 is 1.70 bits per heavy atom. The SMILES string of the molecule is COc1ccccc1Oc1c(NS(=O)(=O)c2ccc(C)cn2)nc(-c2ccnc(-c3nn[nH]n3)c2)nc1OCCOC(=O)OCCCCCCO[N+](=O)[O-]. The third-order valence-corrected chi connectivity index (χ3v) is 8.35. The molecule has 0 atom stereocenters. The smallest absolute Gasteiger partial charge is 0.493 e. The van der Waals surface area contributed by atoms with Crippen molar-refractivity contribution in [3.8, 4) is 46.0 Å². The normalized spacial score (nSPS) is 11.0. The standard InChI is InChI=1S/C32H34N10O11S/c1-21-11-12-26(34-20-21)54(46,47)39-30-27(53-25-10-6-5-9-24(25)48-2)31(36-28(35-30)22-13-14-33-23(19-22)29-37-40-41-38-29)49-17-18-51-32(43)50-15-7-3-4-8-16-52-42(44)45/h5-6,9-14,19-20H,3-4,7-8,15-18H2,1-2H3,(H,35,36,39)(H,37,38,40,41). The largest absolute Gasteiger partial charge is 0.508 e. The van der Waals surface area contributed by atoms with Gasteiger partial charge in [-0.1, -0.05) is 24.6 Å². The summed E-state index contributed by atoms with van der Waals surface area (Å²) in [7, 11) is -2.93. The van der Waals surface area contributed by atoms with E-state index in [1.165, 1.54) is 25.6 Å². The number of nitrogens with zero attached hydrogens (tertiary/aromatic N) is 8. The molecule has 0 bridgehead atoms. The van der Waals surface area contributed by atoms with Crippen LogP contribution in [0.5, 0.6) is 23.1 Å². The first-order valence-corrected chi connectivity index (χ1v) is 17.7. The third-order valence-electron chi connectivity index (χ3n) is 7.10. The summed E-state index contributed by atoms with van der Waals surface area (Å²) in [5.41, 5.74) is 1.41. The van der Waals surface area contributed by atoms with E-state index in [0.29, 0.717) is 42.7 Å². The zero-order valence-corrected chi connectivity index (χ0v) is 29.7. The Morgan fingerprint density at radius 1 is 0.926 bits per heavy atom. The van der Waals surface area contributed by atoms with Crippen molar-refractivity contribution in [2.45, 2.75) is 37.6 Å². The molecule has 0 radical (unpaired) electrons. The summed E-state index contributed by atoms with van der Waals surface area (Å²) in [5, 5.41) is 22.9. The lowest BCUT2D eigenvalue weighted by Crippen LogP contribution is -2.18. The summed E-state index contributed by atoms with van der Waals surface area (Å²) in [6, 6.07) is 12.7. The molecule has 4 heterocycles. The van der Waals surface area contributed by atoms with Crippen LogP contribution in [0.3, 0.4) is 0 Å². The second-order valence-corrected chi connectivity index (χ2v) is 12.6. The van der Waals surface area contributed by atoms with Crippen molar-refractivity contribution in [3.05, 3.63) is 76.6 Å². The number of para-hydroxylation sites is 2. The molecule has 0 unspecified atom stereocenters. The minimum absolute atomic E-state index is 0.00342. The zero-order chi connectivity index (χ0) is 38.3. The molecule has 5 aromatic rings. The molecule has 5 rings (SSSR count). The number of carbonyl (C=O) groups excluding carboxylic acids is 1. The fraction of sp³-hybridized carbons (Fsp3) is 0.312. The maximum atomic E-state index is 13.6. The highest BCUT2D eigenvalue weighted by Gasteiger charge is 2.26. The number of benzene rings is 1. The second kappa shape index (κ2) is 18.7. The number of sulfonamides is 1. The Labute approximate surface area is 307 Å². The number of pyridine rings is 2. The topological polar surface area (TPSA) is 268 Å². The van der Waals surface area contributed by atoms with Crippen LogP contribution in [-0.4, -0.2) is 93.8 Å². The Hall–Kier alpha value is -6.71. The minimum Gasteiger partial charge on any atom is -0.493 e. The number of unbranched alkanes of at least 4 members (excludes halogenated alkanes) is 3. The number of nitrogens with one attached hydrogen (secondary N) is 2. The number of hydrogen-bond donors (Lipinski definition) is 2. The fourth-order valence-electron chi connectivity index (χ4n) is 4.54. The van der Waals surface area contributed by atoms with Crippen LogP contribution in [0.4, 0.5) is 10.6 Å². The Kier molecular flexibility index (Phi) is 13.3. The first kappa shape index (κ1) is 38.5. The maximum absolute atomic E-state index is 13.6. The monoisotopic (exact) mass is 766 g/mol. The van der Waals surface area contributed by atoms with E-state index in [1.807, 2.05) is 0 Å². The molecule has 54 heavy (non-hydrogen) atoms. The molecule has 0 fully saturated rings. The van der Waals surface area contributed by atoms with E-state index in [2.05, 4.69) is 50.1 Å². The Bertz CT molecular complexity index is 2120. The van der Waals surface area contributed by atoms with Gasteiger partial charge in [-0.3, -0.25) is 9.71 Å². The van der Waals surface area contributed by atoms with Gasteiger partial charge in [0.1, 0.15) is 18.9 Å². The van der Waals surface area contributed by atoms with Crippen LogP contribution < -0.4 is 18.9 Å². The van der Waals surface area contributed by atoms with Gasteiger partial charge >= 0.3 is 6.16 Å². The Balaban J connectivity index is 1.41. The molecular weight excluding hydrogens is 732 g/mol. The average molecular weight is 767 g/mol. The van der Waals surface area contributed by atoms with Crippen LogP contribution in [0.1, 0.15) is 31.2 Å². The number of aromatic amines is 1. The van der Waals surface area contributed by atoms with E-state index in [-0.39, 0.29) is 66.3 Å². The van der Waals surface area contributed by atoms with Gasteiger partial charge in [0.15, 0.2) is 28.2 Å². The lowest BCUT2D eigenvalue weighted by molar-refractivity contribution is -0.757. The van der Waals surface area contributed by atoms with Crippen molar-refractivity contribution < 1.29 is 46.8 Å². The first-order valence-electron chi connectivity index (χ1n) is 16.2. The molecule has 4 aromatic heterocycles. The van der Waals surface area contributed by atoms with Gasteiger partial charge in [-0.15, -0.1) is 20.3 Å². The number of ether oxygens (including phenoxy) is 5. The number of hydrogen-bond acceptors (Lipinski definition) is 18. The lowest BCUT2D eigenvalue weighted by atomic mass is 10.2. The van der Waals surface area contributed by atoms with E-state index < -0.39 is 21.3 Å². The number of anilines is 1. The van der Waals surface area contributed by atoms with Gasteiger partial charge in [0.05, 0.1) is 20.3 Å². The average Bonchev–Trinajstić information content (AvgIpc) is 3.71. The van der Waals surface area contributed by atoms with Crippen molar-refractivity contribution in [1.82, 2.24) is 40.6 Å². The summed E-state index contributed by atoms with van der Waals surface area (Å²) >= 11 is 0. The summed E-state index contributed by atoms with van der Waals surface area (Å²) in [4.78, 5) is 44.1. The molecule has 0 aliphatic heterocycles. The van der Waals surface area contributed by atoms with Crippen LogP contribution in [0, 0.1) is 17.0 Å². The van der Waals surface area contributed by atoms with Gasteiger partial charge in [-0.05, 0) is 67.3 Å². The zero-order valence-electron chi connectivity index (χ0n) is 28.9. The minimum atomic E-state index is -4.36. The highest BCUT2D eigenvalue weighted by atomic mass is 32.2. The van der Waals surface area contributed by atoms with Gasteiger partial charge < -0.3 is 28.5 Å². The number of carbonyl (C=O) groups is 1. The fourth-order valence-corrected chi connectivity index (χ4v) is 5.48. The highest BCUT2D eigenvalue weighted by Crippen LogP contribution is 2.41. The molecule has 0 aliphatic carbocycles. The van der Waals surface area contributed by atoms with Crippen LogP contribution in [-0.2, 0) is 24.3 Å². The first-order chi connectivity index (χ1) is 26.1. The van der Waals surface area contributed by atoms with Gasteiger partial charge in [0.25, 0.3) is 21.0 Å². The van der Waals surface area contributed by atoms with Crippen LogP contribution in [0.15, 0.2) is 66.0 Å². The number of H-pyrrole nitrogens is 1. The molecule has 0 aliphatic rings. The molecule has 2 N–H and O–H groups in total. The van der Waals surface area contributed by atoms with Gasteiger partial charge in [0.2, 0.25) is 11.6 Å². The van der Waals surface area contributed by atoms with Gasteiger partial charge in [0, 0.05) is 18.0 Å². The molecule has 284 valence electrons. The van der Waals surface area contributed by atoms with E-state index in [1.54, 1.807) is 49.4 Å². The molecule has 0 saturated heterocycles. The van der Waals surface area contributed by atoms with E-state index in [0.717, 1.165) is 5.56 Å². The molecule has 0 saturated carbocycles. The van der Waals surface area contributed by atoms with Crippen molar-refractivity contribution in [2.75, 3.05) is 38.3 Å². The van der Waals surface area contributed by atoms with Crippen molar-refractivity contribution >= 4 is 22.0 Å². The highest BCUT2D eigenvalue weighted by molar-refractivity contribution is 7.92. The second-order valence-electron chi connectivity index (χ2n) is 11.0. The van der Waals surface area contributed by atoms with Gasteiger partial charge in [-0.25, -0.2) is 14.8 Å². The predicted molar refractivity (Wildman–Crippen MR) is 185 cm³/mol. The number of aromatic nitrogens is 8. The van der Waals surface area contributed by atoms with Crippen molar-refractivity contribution in [3.63, 3.8) is 0 Å². The van der Waals surface area contributed by atoms with E-state index in [9.17, 15) is 23.3 Å². The molecule has 0 spiro atoms. The van der Waals surface area contributed by atoms with Crippen LogP contribution in [0.2, 0.25) is 0 Å². The van der Waals surface area contributed by atoms with Crippen molar-refractivity contribution in [2.24, 2.45) is 0 Å². The molecular formula is C32H34N10O11S. The summed E-state index contributed by atoms with van der Waals surface area (Å²) in [6.45, 7) is 1.26. The quantitative estimate of drug-likeness (QED) is 0.0483. The summed E-state index contributed by atoms with van der Waals surface area (Å²) in [5.74, 6) is -0.188. The Morgan fingerprint density at radius 3 is 2.43 bits per heavy atom. The molecule has 1 aromatic carbocycles. The number of aryl methyl sites for hydroxylation is 1. The lowest BCUT2D eigenvalue weighted by Gasteiger charge is -2.18. The predicted octanol–water partition coefficient (Wildman–Crippen LogP) is 4.32. The van der Waals surface area contributed by atoms with E-state index >= 15 is 0 Å². The number of rotatable bonds is 20. The molecule has 22 heteroatoms. The van der Waals surface area contributed by atoms with Crippen LogP contribution in [0.25, 0.3) is 22.9 Å². The number of methoxy groups -OCH3 is 1. The third kappa shape index (κ3) is 10.9.